The Hall–Kier alpha value is -0.970. The largest absolute Gasteiger partial charge is 0.463 e. The van der Waals surface area contributed by atoms with Gasteiger partial charge in [0, 0.05) is 0 Å². The zero-order valence-corrected chi connectivity index (χ0v) is 6.67. The van der Waals surface area contributed by atoms with Crippen LogP contribution in [0.2, 0.25) is 0 Å². The summed E-state index contributed by atoms with van der Waals surface area (Å²) in [7, 11) is 0. The van der Waals surface area contributed by atoms with E-state index in [9.17, 15) is 4.79 Å². The van der Waals surface area contributed by atoms with Crippen molar-refractivity contribution in [3.63, 3.8) is 0 Å². The molecule has 0 aliphatic heterocycles. The van der Waals surface area contributed by atoms with Crippen LogP contribution in [0.1, 0.15) is 6.92 Å². The maximum Gasteiger partial charge on any atom is 0.445 e. The number of aromatic nitrogens is 2. The molecular weight excluding hydrogens is 172 g/mol. The molecule has 62 valence electrons. The molecule has 0 bridgehead atoms. The molecule has 0 aliphatic carbocycles. The van der Waals surface area contributed by atoms with E-state index in [1.165, 1.54) is 0 Å². The van der Waals surface area contributed by atoms with E-state index < -0.39 is 5.76 Å². The second-order valence-corrected chi connectivity index (χ2v) is 1.95. The molecular formula is C5H7ClN2O3. The van der Waals surface area contributed by atoms with Crippen LogP contribution in [0.3, 0.4) is 0 Å². The number of alkyl halides is 1. The van der Waals surface area contributed by atoms with Gasteiger partial charge in [-0.05, 0) is 12.1 Å². The van der Waals surface area contributed by atoms with Crippen LogP contribution < -0.4 is 10.5 Å². The smallest absolute Gasteiger partial charge is 0.445 e. The quantitative estimate of drug-likeness (QED) is 0.630. The van der Waals surface area contributed by atoms with Gasteiger partial charge in [0.25, 0.3) is 0 Å². The molecule has 0 amide bonds. The van der Waals surface area contributed by atoms with Crippen molar-refractivity contribution >= 4 is 11.6 Å². The van der Waals surface area contributed by atoms with Crippen molar-refractivity contribution in [3.05, 3.63) is 10.6 Å². The number of rotatable bonds is 3. The molecule has 6 heteroatoms. The first-order valence-corrected chi connectivity index (χ1v) is 3.58. The van der Waals surface area contributed by atoms with Crippen LogP contribution in [0.5, 0.6) is 6.01 Å². The molecule has 1 aromatic heterocycles. The lowest BCUT2D eigenvalue weighted by atomic mass is 10.8. The van der Waals surface area contributed by atoms with Gasteiger partial charge in [-0.3, -0.25) is 4.52 Å². The summed E-state index contributed by atoms with van der Waals surface area (Å²) in [6, 6.07) is 0.102. The first-order valence-electron chi connectivity index (χ1n) is 3.05. The molecule has 0 aromatic carbocycles. The highest BCUT2D eigenvalue weighted by Gasteiger charge is 2.08. The molecule has 0 atom stereocenters. The van der Waals surface area contributed by atoms with Gasteiger partial charge in [0.2, 0.25) is 0 Å². The Kier molecular flexibility index (Phi) is 2.53. The van der Waals surface area contributed by atoms with Crippen LogP contribution in [0, 0.1) is 0 Å². The second-order valence-electron chi connectivity index (χ2n) is 1.71. The van der Waals surface area contributed by atoms with Gasteiger partial charge in [0.15, 0.2) is 0 Å². The van der Waals surface area contributed by atoms with E-state index in [4.69, 9.17) is 16.3 Å². The SMILES string of the molecule is CCOc1noc(=O)n1CCl. The van der Waals surface area contributed by atoms with Crippen molar-refractivity contribution in [2.75, 3.05) is 6.61 Å². The summed E-state index contributed by atoms with van der Waals surface area (Å²) in [5.41, 5.74) is 0. The molecule has 0 saturated carbocycles. The minimum absolute atomic E-state index is 0.0162. The Labute approximate surface area is 67.5 Å². The van der Waals surface area contributed by atoms with E-state index in [0.29, 0.717) is 6.61 Å². The highest BCUT2D eigenvalue weighted by Crippen LogP contribution is 2.03. The Morgan fingerprint density at radius 3 is 3.09 bits per heavy atom. The lowest BCUT2D eigenvalue weighted by molar-refractivity contribution is 0.281. The number of hydrogen-bond donors (Lipinski definition) is 0. The first-order chi connectivity index (χ1) is 5.29. The van der Waals surface area contributed by atoms with Gasteiger partial charge < -0.3 is 4.74 Å². The fourth-order valence-electron chi connectivity index (χ4n) is 0.588. The molecule has 1 aromatic rings. The maximum absolute atomic E-state index is 10.7. The van der Waals surface area contributed by atoms with Crippen molar-refractivity contribution in [3.8, 4) is 6.01 Å². The van der Waals surface area contributed by atoms with Gasteiger partial charge >= 0.3 is 11.8 Å². The average molecular weight is 179 g/mol. The highest BCUT2D eigenvalue weighted by molar-refractivity contribution is 6.15. The summed E-state index contributed by atoms with van der Waals surface area (Å²) < 4.78 is 10.3. The summed E-state index contributed by atoms with van der Waals surface area (Å²) in [5.74, 6) is -0.608. The first kappa shape index (κ1) is 8.13. The monoisotopic (exact) mass is 178 g/mol. The molecule has 1 rings (SSSR count). The van der Waals surface area contributed by atoms with E-state index in [1.807, 2.05) is 0 Å². The summed E-state index contributed by atoms with van der Waals surface area (Å²) in [6.07, 6.45) is 0. The maximum atomic E-state index is 10.7. The molecule has 0 aliphatic rings. The van der Waals surface area contributed by atoms with Crippen molar-refractivity contribution in [1.82, 2.24) is 9.72 Å². The van der Waals surface area contributed by atoms with E-state index in [0.717, 1.165) is 4.57 Å². The minimum Gasteiger partial charge on any atom is -0.463 e. The third kappa shape index (κ3) is 1.54. The van der Waals surface area contributed by atoms with E-state index in [-0.39, 0.29) is 12.0 Å². The van der Waals surface area contributed by atoms with Crippen molar-refractivity contribution < 1.29 is 9.26 Å². The molecule has 0 fully saturated rings. The third-order valence-electron chi connectivity index (χ3n) is 1.05. The van der Waals surface area contributed by atoms with Gasteiger partial charge in [-0.15, -0.1) is 11.6 Å². The summed E-state index contributed by atoms with van der Waals surface area (Å²) in [6.45, 7) is 2.20. The number of ether oxygens (including phenoxy) is 1. The summed E-state index contributed by atoms with van der Waals surface area (Å²) in [5, 5.41) is 3.35. The molecule has 11 heavy (non-hydrogen) atoms. The standard InChI is InChI=1S/C5H7ClN2O3/c1-2-10-4-7-11-5(9)8(4)3-6/h2-3H2,1H3. The summed E-state index contributed by atoms with van der Waals surface area (Å²) >= 11 is 5.40. The zero-order chi connectivity index (χ0) is 8.27. The normalized spacial score (nSPS) is 10.0. The van der Waals surface area contributed by atoms with Crippen LogP contribution in [-0.4, -0.2) is 16.3 Å². The third-order valence-corrected chi connectivity index (χ3v) is 1.29. The molecule has 0 spiro atoms. The fraction of sp³-hybridized carbons (Fsp3) is 0.600. The van der Waals surface area contributed by atoms with Crippen molar-refractivity contribution in [2.45, 2.75) is 12.9 Å². The van der Waals surface area contributed by atoms with Crippen LogP contribution in [0.15, 0.2) is 9.32 Å². The number of halogens is 1. The fourth-order valence-corrected chi connectivity index (χ4v) is 0.788. The molecule has 0 saturated heterocycles. The predicted molar refractivity (Wildman–Crippen MR) is 37.8 cm³/mol. The highest BCUT2D eigenvalue weighted by atomic mass is 35.5. The van der Waals surface area contributed by atoms with Gasteiger partial charge in [-0.25, -0.2) is 9.36 Å². The van der Waals surface area contributed by atoms with Gasteiger partial charge in [0.05, 0.1) is 6.61 Å². The van der Waals surface area contributed by atoms with Crippen LogP contribution in [0.25, 0.3) is 0 Å². The van der Waals surface area contributed by atoms with Crippen molar-refractivity contribution in [2.24, 2.45) is 0 Å². The lowest BCUT2D eigenvalue weighted by Gasteiger charge is -1.98. The Balaban J connectivity index is 2.96. The Bertz CT molecular complexity index is 280. The molecule has 0 radical (unpaired) electrons. The second kappa shape index (κ2) is 3.43. The summed E-state index contributed by atoms with van der Waals surface area (Å²) in [4.78, 5) is 10.7. The Morgan fingerprint density at radius 2 is 2.55 bits per heavy atom. The molecule has 1 heterocycles. The molecule has 5 nitrogen and oxygen atoms in total. The van der Waals surface area contributed by atoms with E-state index in [2.05, 4.69) is 9.68 Å². The topological polar surface area (TPSA) is 57.3 Å². The van der Waals surface area contributed by atoms with Crippen molar-refractivity contribution in [1.29, 1.82) is 0 Å². The molecule has 0 unspecified atom stereocenters. The van der Waals surface area contributed by atoms with Gasteiger partial charge in [0.1, 0.15) is 6.00 Å². The predicted octanol–water partition coefficient (Wildman–Crippen LogP) is 0.431. The van der Waals surface area contributed by atoms with Gasteiger partial charge in [-0.1, -0.05) is 0 Å². The minimum atomic E-state index is -0.608. The number of hydrogen-bond acceptors (Lipinski definition) is 4. The lowest BCUT2D eigenvalue weighted by Crippen LogP contribution is -2.13. The van der Waals surface area contributed by atoms with Crippen LogP contribution in [0.4, 0.5) is 0 Å². The van der Waals surface area contributed by atoms with E-state index in [1.54, 1.807) is 6.92 Å². The van der Waals surface area contributed by atoms with Crippen LogP contribution >= 0.6 is 11.6 Å². The van der Waals surface area contributed by atoms with Gasteiger partial charge in [-0.2, -0.15) is 0 Å². The zero-order valence-electron chi connectivity index (χ0n) is 5.91. The number of nitrogens with zero attached hydrogens (tertiary/aromatic N) is 2. The average Bonchev–Trinajstić information content (AvgIpc) is 2.33. The molecule has 0 N–H and O–H groups in total. The van der Waals surface area contributed by atoms with E-state index >= 15 is 0 Å². The van der Waals surface area contributed by atoms with Crippen LogP contribution in [-0.2, 0) is 6.00 Å². The Morgan fingerprint density at radius 1 is 1.82 bits per heavy atom.